The van der Waals surface area contributed by atoms with Crippen LogP contribution in [0.3, 0.4) is 0 Å². The molecule has 0 bridgehead atoms. The molecule has 10 aromatic carbocycles. The highest BCUT2D eigenvalue weighted by Crippen LogP contribution is 2.50. The number of furan rings is 1. The van der Waals surface area contributed by atoms with Gasteiger partial charge in [-0.15, -0.1) is 0 Å². The molecule has 4 heteroatoms. The summed E-state index contributed by atoms with van der Waals surface area (Å²) in [7, 11) is 0. The smallest absolute Gasteiger partial charge is 0.159 e. The van der Waals surface area contributed by atoms with Crippen molar-refractivity contribution < 1.29 is 4.42 Å². The molecular formula is C60H41N3O. The van der Waals surface area contributed by atoms with Gasteiger partial charge in [-0.25, -0.2) is 9.98 Å². The highest BCUT2D eigenvalue weighted by atomic mass is 16.3. The summed E-state index contributed by atoms with van der Waals surface area (Å²) in [6.07, 6.45) is -0.379. The van der Waals surface area contributed by atoms with Gasteiger partial charge in [0.15, 0.2) is 5.84 Å². The van der Waals surface area contributed by atoms with Crippen molar-refractivity contribution in [1.29, 1.82) is 0 Å². The van der Waals surface area contributed by atoms with E-state index < -0.39 is 0 Å². The molecule has 4 nitrogen and oxygen atoms in total. The summed E-state index contributed by atoms with van der Waals surface area (Å²) in [5, 5.41) is 13.6. The van der Waals surface area contributed by atoms with Crippen molar-refractivity contribution in [2.45, 2.75) is 25.4 Å². The molecule has 0 saturated carbocycles. The Hall–Kier alpha value is -8.08. The van der Waals surface area contributed by atoms with Crippen molar-refractivity contribution in [2.24, 2.45) is 9.98 Å². The maximum Gasteiger partial charge on any atom is 0.159 e. The third-order valence-corrected chi connectivity index (χ3v) is 13.7. The minimum absolute atomic E-state index is 0.125. The molecule has 1 N–H and O–H groups in total. The second-order valence-corrected chi connectivity index (χ2v) is 17.7. The molecule has 2 aliphatic rings. The Balaban J connectivity index is 0.922. The van der Waals surface area contributed by atoms with Gasteiger partial charge in [-0.05, 0) is 107 Å². The van der Waals surface area contributed by atoms with Gasteiger partial charge in [0.2, 0.25) is 0 Å². The number of benzene rings is 10. The lowest BCUT2D eigenvalue weighted by atomic mass is 9.82. The summed E-state index contributed by atoms with van der Waals surface area (Å²) in [5.41, 5.74) is 14.4. The largest absolute Gasteiger partial charge is 0.456 e. The molecule has 1 aliphatic carbocycles. The van der Waals surface area contributed by atoms with Gasteiger partial charge in [0.25, 0.3) is 0 Å². The first kappa shape index (κ1) is 36.6. The molecule has 1 aliphatic heterocycles. The number of hydrogen-bond donors (Lipinski definition) is 1. The van der Waals surface area contributed by atoms with Gasteiger partial charge in [-0.2, -0.15) is 0 Å². The Morgan fingerprint density at radius 2 is 1.11 bits per heavy atom. The molecule has 2 heterocycles. The predicted octanol–water partition coefficient (Wildman–Crippen LogP) is 15.2. The molecule has 1 aromatic heterocycles. The van der Waals surface area contributed by atoms with Gasteiger partial charge < -0.3 is 9.73 Å². The number of hydrogen-bond acceptors (Lipinski definition) is 4. The number of fused-ring (bicyclic) bond motifs is 11. The van der Waals surface area contributed by atoms with E-state index in [0.717, 1.165) is 61.2 Å². The lowest BCUT2D eigenvalue weighted by Gasteiger charge is -2.26. The molecule has 64 heavy (non-hydrogen) atoms. The quantitative estimate of drug-likeness (QED) is 0.176. The van der Waals surface area contributed by atoms with Crippen LogP contribution in [-0.4, -0.2) is 11.7 Å². The first-order valence-electron chi connectivity index (χ1n) is 22.1. The highest BCUT2D eigenvalue weighted by molar-refractivity contribution is 6.20. The van der Waals surface area contributed by atoms with Crippen molar-refractivity contribution in [2.75, 3.05) is 0 Å². The minimum Gasteiger partial charge on any atom is -0.456 e. The van der Waals surface area contributed by atoms with Crippen molar-refractivity contribution in [1.82, 2.24) is 5.32 Å². The van der Waals surface area contributed by atoms with E-state index in [1.165, 1.54) is 60.1 Å². The Morgan fingerprint density at radius 3 is 2.05 bits per heavy atom. The number of nitrogens with zero attached hydrogens (tertiary/aromatic N) is 2. The van der Waals surface area contributed by atoms with Crippen LogP contribution in [0, 0.1) is 0 Å². The van der Waals surface area contributed by atoms with Crippen LogP contribution in [0.2, 0.25) is 0 Å². The van der Waals surface area contributed by atoms with Crippen LogP contribution in [0.15, 0.2) is 215 Å². The summed E-state index contributed by atoms with van der Waals surface area (Å²) < 4.78 is 6.59. The fourth-order valence-corrected chi connectivity index (χ4v) is 10.6. The second-order valence-electron chi connectivity index (χ2n) is 17.7. The van der Waals surface area contributed by atoms with Gasteiger partial charge in [0.05, 0.1) is 0 Å². The fraction of sp³-hybridized carbons (Fsp3) is 0.0667. The van der Waals surface area contributed by atoms with E-state index in [4.69, 9.17) is 14.4 Å². The van der Waals surface area contributed by atoms with E-state index >= 15 is 0 Å². The second kappa shape index (κ2) is 14.0. The summed E-state index contributed by atoms with van der Waals surface area (Å²) >= 11 is 0. The topological polar surface area (TPSA) is 49.9 Å². The normalized spacial score (nSPS) is 15.3. The number of aliphatic imine (C=N–C) groups is 2. The zero-order chi connectivity index (χ0) is 42.5. The van der Waals surface area contributed by atoms with Crippen LogP contribution in [0.1, 0.15) is 47.8 Å². The highest BCUT2D eigenvalue weighted by Gasteiger charge is 2.37. The lowest BCUT2D eigenvalue weighted by Crippen LogP contribution is -2.34. The molecule has 0 amide bonds. The first-order chi connectivity index (χ1) is 31.5. The molecule has 11 aromatic rings. The van der Waals surface area contributed by atoms with E-state index in [-0.39, 0.29) is 11.6 Å². The van der Waals surface area contributed by atoms with E-state index in [0.29, 0.717) is 5.84 Å². The monoisotopic (exact) mass is 819 g/mol. The Morgan fingerprint density at radius 1 is 0.453 bits per heavy atom. The van der Waals surface area contributed by atoms with Gasteiger partial charge in [-0.1, -0.05) is 190 Å². The molecule has 1 atom stereocenters. The van der Waals surface area contributed by atoms with Crippen LogP contribution < -0.4 is 5.32 Å². The predicted molar refractivity (Wildman–Crippen MR) is 267 cm³/mol. The lowest BCUT2D eigenvalue weighted by molar-refractivity contribution is 0.659. The van der Waals surface area contributed by atoms with E-state index in [9.17, 15) is 0 Å². The molecular weight excluding hydrogens is 779 g/mol. The summed E-state index contributed by atoms with van der Waals surface area (Å²) in [4.78, 5) is 10.6. The average Bonchev–Trinajstić information content (AvgIpc) is 3.85. The molecule has 302 valence electrons. The van der Waals surface area contributed by atoms with Crippen LogP contribution in [0.4, 0.5) is 0 Å². The van der Waals surface area contributed by atoms with E-state index in [1.54, 1.807) is 0 Å². The maximum atomic E-state index is 6.59. The summed E-state index contributed by atoms with van der Waals surface area (Å²) in [6, 6.07) is 72.0. The third-order valence-electron chi connectivity index (χ3n) is 13.7. The van der Waals surface area contributed by atoms with Gasteiger partial charge in [0, 0.05) is 27.3 Å². The molecule has 0 radical (unpaired) electrons. The first-order valence-corrected chi connectivity index (χ1v) is 22.1. The summed E-state index contributed by atoms with van der Waals surface area (Å²) in [6.45, 7) is 4.64. The summed E-state index contributed by atoms with van der Waals surface area (Å²) in [5.74, 6) is 1.52. The van der Waals surface area contributed by atoms with Crippen molar-refractivity contribution in [3.8, 4) is 33.4 Å². The van der Waals surface area contributed by atoms with Crippen LogP contribution in [-0.2, 0) is 5.41 Å². The van der Waals surface area contributed by atoms with Crippen LogP contribution in [0.25, 0.3) is 87.6 Å². The van der Waals surface area contributed by atoms with Crippen LogP contribution in [0.5, 0.6) is 0 Å². The Kier molecular flexibility index (Phi) is 7.98. The SMILES string of the molecule is CC1(C)c2ccccc2-c2c(C3=NC(c4ccccc4)=NC(c4cccc(-c5cccc6oc7ccc(-c8cccc9c8ccc8c%10ccccc%10ccc98)cc7c56)c4)N3)cccc21. The number of nitrogens with one attached hydrogen (secondary N) is 1. The molecule has 13 rings (SSSR count). The average molecular weight is 820 g/mol. The maximum absolute atomic E-state index is 6.59. The minimum atomic E-state index is -0.379. The molecule has 1 unspecified atom stereocenters. The molecule has 0 spiro atoms. The Labute approximate surface area is 370 Å². The zero-order valence-electron chi connectivity index (χ0n) is 35.4. The van der Waals surface area contributed by atoms with Gasteiger partial charge >= 0.3 is 0 Å². The molecule has 0 fully saturated rings. The standard InChI is InChI=1S/C60H41N3O/c1-60(2)51-25-9-8-20-48(51)55-49(24-12-26-52(55)60)59-62-57(37-15-4-3-5-16-37)61-58(63-59)40-18-10-17-38(34-40)43-22-13-27-54-56(43)50-35-39(29-33-53(50)64-54)42-21-11-23-44-46(42)32-31-45-41-19-7-6-14-36(41)28-30-47(44)45/h3-35,58H,1-2H3,(H,61,62,63). The van der Waals surface area contributed by atoms with E-state index in [1.807, 2.05) is 6.07 Å². The Bertz CT molecular complexity index is 3800. The number of amidine groups is 2. The zero-order valence-corrected chi connectivity index (χ0v) is 35.4. The van der Waals surface area contributed by atoms with Crippen molar-refractivity contribution in [3.63, 3.8) is 0 Å². The van der Waals surface area contributed by atoms with Gasteiger partial charge in [-0.3, -0.25) is 0 Å². The molecule has 0 saturated heterocycles. The fourth-order valence-electron chi connectivity index (χ4n) is 10.6. The van der Waals surface area contributed by atoms with Crippen molar-refractivity contribution in [3.05, 3.63) is 228 Å². The van der Waals surface area contributed by atoms with Crippen LogP contribution >= 0.6 is 0 Å². The van der Waals surface area contributed by atoms with Gasteiger partial charge in [0.1, 0.15) is 23.2 Å². The van der Waals surface area contributed by atoms with Crippen molar-refractivity contribution >= 4 is 65.9 Å². The van der Waals surface area contributed by atoms with E-state index in [2.05, 4.69) is 213 Å². The third kappa shape index (κ3) is 5.55. The number of rotatable bonds is 5.